The first-order valence-corrected chi connectivity index (χ1v) is 5.30. The highest BCUT2D eigenvalue weighted by molar-refractivity contribution is 5.91. The van der Waals surface area contributed by atoms with Gasteiger partial charge in [-0.2, -0.15) is 0 Å². The van der Waals surface area contributed by atoms with E-state index >= 15 is 0 Å². The zero-order valence-corrected chi connectivity index (χ0v) is 8.48. The van der Waals surface area contributed by atoms with Gasteiger partial charge in [0.1, 0.15) is 0 Å². The van der Waals surface area contributed by atoms with Gasteiger partial charge in [-0.3, -0.25) is 4.98 Å². The molecule has 15 heavy (non-hydrogen) atoms. The average molecular weight is 199 g/mol. The summed E-state index contributed by atoms with van der Waals surface area (Å²) >= 11 is 0. The highest BCUT2D eigenvalue weighted by Gasteiger charge is 2.13. The summed E-state index contributed by atoms with van der Waals surface area (Å²) in [5, 5.41) is 3.43. The summed E-state index contributed by atoms with van der Waals surface area (Å²) in [4.78, 5) is 4.36. The Kier molecular flexibility index (Phi) is 2.03. The van der Waals surface area contributed by atoms with Gasteiger partial charge >= 0.3 is 0 Å². The number of aromatic nitrogens is 1. The van der Waals surface area contributed by atoms with Crippen molar-refractivity contribution in [2.24, 2.45) is 0 Å². The smallest absolute Gasteiger partial charge is 0.0723 e. The van der Waals surface area contributed by atoms with Gasteiger partial charge < -0.3 is 5.01 Å². The molecule has 1 N–H and O–H groups in total. The largest absolute Gasteiger partial charge is 0.308 e. The van der Waals surface area contributed by atoms with E-state index in [2.05, 4.69) is 39.7 Å². The molecule has 1 aliphatic heterocycles. The van der Waals surface area contributed by atoms with Crippen LogP contribution in [0.3, 0.4) is 0 Å². The van der Waals surface area contributed by atoms with Gasteiger partial charge in [0.2, 0.25) is 0 Å². The number of pyridine rings is 1. The molecule has 0 radical (unpaired) electrons. The van der Waals surface area contributed by atoms with Crippen LogP contribution in [0.5, 0.6) is 0 Å². The Morgan fingerprint density at radius 2 is 2.20 bits per heavy atom. The van der Waals surface area contributed by atoms with Crippen LogP contribution in [0.25, 0.3) is 10.9 Å². The van der Waals surface area contributed by atoms with Crippen LogP contribution in [0, 0.1) is 0 Å². The molecule has 0 aliphatic carbocycles. The van der Waals surface area contributed by atoms with Crippen LogP contribution in [0.1, 0.15) is 6.42 Å². The van der Waals surface area contributed by atoms with Crippen LogP contribution < -0.4 is 10.4 Å². The Labute approximate surface area is 88.7 Å². The fraction of sp³-hybridized carbons (Fsp3) is 0.250. The van der Waals surface area contributed by atoms with Gasteiger partial charge in [0.15, 0.2) is 0 Å². The second kappa shape index (κ2) is 3.51. The molecular weight excluding hydrogens is 186 g/mol. The Bertz CT molecular complexity index is 470. The van der Waals surface area contributed by atoms with Crippen molar-refractivity contribution in [1.82, 2.24) is 10.4 Å². The third-order valence-electron chi connectivity index (χ3n) is 2.77. The first-order chi connectivity index (χ1) is 7.45. The summed E-state index contributed by atoms with van der Waals surface area (Å²) in [5.41, 5.74) is 5.66. The van der Waals surface area contributed by atoms with Gasteiger partial charge in [0.25, 0.3) is 0 Å². The minimum absolute atomic E-state index is 1.06. The standard InChI is InChI=1S/C12H13N3/c1-5-11-10(4-2-7-13-11)12(6-1)15-9-3-8-14-15/h1-2,4-7,14H,3,8-9H2. The van der Waals surface area contributed by atoms with E-state index in [1.54, 1.807) is 0 Å². The molecule has 3 heteroatoms. The first-order valence-electron chi connectivity index (χ1n) is 5.30. The van der Waals surface area contributed by atoms with Gasteiger partial charge in [-0.25, -0.2) is 5.43 Å². The summed E-state index contributed by atoms with van der Waals surface area (Å²) < 4.78 is 0. The van der Waals surface area contributed by atoms with Crippen molar-refractivity contribution in [2.45, 2.75) is 6.42 Å². The number of nitrogens with zero attached hydrogens (tertiary/aromatic N) is 2. The third kappa shape index (κ3) is 1.45. The van der Waals surface area contributed by atoms with Crippen LogP contribution in [-0.2, 0) is 0 Å². The fourth-order valence-electron chi connectivity index (χ4n) is 2.06. The molecule has 0 atom stereocenters. The molecule has 1 aliphatic rings. The maximum atomic E-state index is 4.36. The number of anilines is 1. The Morgan fingerprint density at radius 3 is 3.07 bits per heavy atom. The van der Waals surface area contributed by atoms with Crippen molar-refractivity contribution >= 4 is 16.6 Å². The van der Waals surface area contributed by atoms with Crippen molar-refractivity contribution in [3.63, 3.8) is 0 Å². The molecule has 2 heterocycles. The molecule has 76 valence electrons. The fourth-order valence-corrected chi connectivity index (χ4v) is 2.06. The molecule has 1 aromatic carbocycles. The second-order valence-electron chi connectivity index (χ2n) is 3.76. The van der Waals surface area contributed by atoms with Crippen LogP contribution in [0.2, 0.25) is 0 Å². The van der Waals surface area contributed by atoms with E-state index in [0.29, 0.717) is 0 Å². The molecule has 2 aromatic rings. The van der Waals surface area contributed by atoms with Crippen molar-refractivity contribution < 1.29 is 0 Å². The number of benzene rings is 1. The quantitative estimate of drug-likeness (QED) is 0.761. The molecule has 3 nitrogen and oxygen atoms in total. The lowest BCUT2D eigenvalue weighted by Crippen LogP contribution is -2.30. The zero-order chi connectivity index (χ0) is 10.1. The summed E-state index contributed by atoms with van der Waals surface area (Å²) in [6.45, 7) is 2.14. The molecule has 3 rings (SSSR count). The van der Waals surface area contributed by atoms with Gasteiger partial charge in [-0.15, -0.1) is 0 Å². The van der Waals surface area contributed by atoms with E-state index in [4.69, 9.17) is 0 Å². The molecule has 0 saturated carbocycles. The number of hydrogen-bond acceptors (Lipinski definition) is 3. The maximum Gasteiger partial charge on any atom is 0.0723 e. The summed E-state index contributed by atoms with van der Waals surface area (Å²) in [5.74, 6) is 0. The Hall–Kier alpha value is -1.61. The molecule has 0 bridgehead atoms. The first kappa shape index (κ1) is 8.68. The number of nitrogens with one attached hydrogen (secondary N) is 1. The lowest BCUT2D eigenvalue weighted by atomic mass is 10.2. The van der Waals surface area contributed by atoms with Gasteiger partial charge in [0, 0.05) is 24.7 Å². The van der Waals surface area contributed by atoms with Gasteiger partial charge in [-0.1, -0.05) is 6.07 Å². The highest BCUT2D eigenvalue weighted by atomic mass is 15.5. The van der Waals surface area contributed by atoms with Gasteiger partial charge in [-0.05, 0) is 30.7 Å². The van der Waals surface area contributed by atoms with Crippen molar-refractivity contribution in [3.8, 4) is 0 Å². The SMILES string of the molecule is c1cc(N2CCCN2)c2cccnc2c1. The van der Waals surface area contributed by atoms with Crippen LogP contribution in [-0.4, -0.2) is 18.1 Å². The van der Waals surface area contributed by atoms with E-state index in [1.807, 2.05) is 12.3 Å². The molecule has 1 saturated heterocycles. The molecule has 1 fully saturated rings. The molecule has 1 aromatic heterocycles. The van der Waals surface area contributed by atoms with Crippen molar-refractivity contribution in [1.29, 1.82) is 0 Å². The minimum atomic E-state index is 1.06. The predicted octanol–water partition coefficient (Wildman–Crippen LogP) is 1.95. The van der Waals surface area contributed by atoms with E-state index in [-0.39, 0.29) is 0 Å². The molecule has 0 unspecified atom stereocenters. The third-order valence-corrected chi connectivity index (χ3v) is 2.77. The summed E-state index contributed by atoms with van der Waals surface area (Å²) in [6, 6.07) is 10.4. The van der Waals surface area contributed by atoms with E-state index in [0.717, 1.165) is 18.6 Å². The molecule has 0 spiro atoms. The van der Waals surface area contributed by atoms with Crippen LogP contribution in [0.15, 0.2) is 36.5 Å². The maximum absolute atomic E-state index is 4.36. The Morgan fingerprint density at radius 1 is 1.20 bits per heavy atom. The van der Waals surface area contributed by atoms with Gasteiger partial charge in [0.05, 0.1) is 11.2 Å². The van der Waals surface area contributed by atoms with E-state index in [1.165, 1.54) is 17.5 Å². The topological polar surface area (TPSA) is 28.2 Å². The summed E-state index contributed by atoms with van der Waals surface area (Å²) in [7, 11) is 0. The van der Waals surface area contributed by atoms with Crippen molar-refractivity contribution in [3.05, 3.63) is 36.5 Å². The number of hydrazine groups is 1. The predicted molar refractivity (Wildman–Crippen MR) is 61.7 cm³/mol. The zero-order valence-electron chi connectivity index (χ0n) is 8.48. The molecule has 0 amide bonds. The Balaban J connectivity index is 2.16. The van der Waals surface area contributed by atoms with E-state index < -0.39 is 0 Å². The second-order valence-corrected chi connectivity index (χ2v) is 3.76. The minimum Gasteiger partial charge on any atom is -0.308 e. The number of rotatable bonds is 1. The van der Waals surface area contributed by atoms with E-state index in [9.17, 15) is 0 Å². The number of hydrogen-bond donors (Lipinski definition) is 1. The summed E-state index contributed by atoms with van der Waals surface area (Å²) in [6.07, 6.45) is 3.04. The number of fused-ring (bicyclic) bond motifs is 1. The average Bonchev–Trinajstić information content (AvgIpc) is 2.82. The van der Waals surface area contributed by atoms with Crippen LogP contribution in [0.4, 0.5) is 5.69 Å². The highest BCUT2D eigenvalue weighted by Crippen LogP contribution is 2.25. The lowest BCUT2D eigenvalue weighted by Gasteiger charge is -2.19. The molecular formula is C12H13N3. The lowest BCUT2D eigenvalue weighted by molar-refractivity contribution is 0.790. The van der Waals surface area contributed by atoms with Crippen molar-refractivity contribution in [2.75, 3.05) is 18.1 Å². The monoisotopic (exact) mass is 199 g/mol. The normalized spacial score (nSPS) is 16.1. The van der Waals surface area contributed by atoms with Crippen LogP contribution >= 0.6 is 0 Å².